The summed E-state index contributed by atoms with van der Waals surface area (Å²) in [6, 6.07) is 1.41. The van der Waals surface area contributed by atoms with Crippen LogP contribution in [-0.4, -0.2) is 39.6 Å². The van der Waals surface area contributed by atoms with Crippen LogP contribution in [0.1, 0.15) is 45.7 Å². The zero-order valence-electron chi connectivity index (χ0n) is 13.4. The largest absolute Gasteiger partial charge is 0.507 e. The number of carbonyl (C=O) groups is 2. The number of fused-ring (bicyclic) bond motifs is 2. The lowest BCUT2D eigenvalue weighted by Gasteiger charge is -2.26. The first-order valence-electron chi connectivity index (χ1n) is 7.66. The van der Waals surface area contributed by atoms with Crippen LogP contribution in [0.3, 0.4) is 0 Å². The molecule has 0 fully saturated rings. The second kappa shape index (κ2) is 4.27. The molecule has 2 aromatic carbocycles. The quantitative estimate of drug-likeness (QED) is 0.692. The minimum atomic E-state index is -0.902. The molecule has 6 heteroatoms. The normalized spacial score (nSPS) is 24.6. The maximum Gasteiger partial charge on any atom is 0.238 e. The van der Waals surface area contributed by atoms with Crippen molar-refractivity contribution >= 4 is 22.3 Å². The highest BCUT2D eigenvalue weighted by atomic mass is 16.5. The third-order valence-electron chi connectivity index (χ3n) is 5.43. The van der Waals surface area contributed by atoms with E-state index < -0.39 is 23.1 Å². The molecule has 3 N–H and O–H groups in total. The van der Waals surface area contributed by atoms with E-state index in [9.17, 15) is 24.9 Å². The second-order valence-corrected chi connectivity index (χ2v) is 6.76. The highest BCUT2D eigenvalue weighted by Crippen LogP contribution is 2.56. The number of hydrogen-bond acceptors (Lipinski definition) is 6. The third-order valence-corrected chi connectivity index (χ3v) is 5.43. The number of hydrogen-bond donors (Lipinski definition) is 3. The Morgan fingerprint density at radius 1 is 1.17 bits per heavy atom. The van der Waals surface area contributed by atoms with Gasteiger partial charge in [0.05, 0.1) is 23.1 Å². The summed E-state index contributed by atoms with van der Waals surface area (Å²) in [4.78, 5) is 24.7. The fourth-order valence-corrected chi connectivity index (χ4v) is 3.86. The van der Waals surface area contributed by atoms with Gasteiger partial charge in [-0.3, -0.25) is 9.59 Å². The number of ketones is 2. The van der Waals surface area contributed by atoms with Crippen LogP contribution in [0, 0.1) is 6.92 Å². The van der Waals surface area contributed by atoms with Gasteiger partial charge in [-0.1, -0.05) is 0 Å². The summed E-state index contributed by atoms with van der Waals surface area (Å²) < 4.78 is 5.91. The monoisotopic (exact) mass is 328 g/mol. The number of aryl methyl sites for hydroxylation is 1. The molecule has 24 heavy (non-hydrogen) atoms. The molecule has 1 heterocycles. The van der Waals surface area contributed by atoms with Crippen molar-refractivity contribution in [2.45, 2.75) is 32.3 Å². The highest BCUT2D eigenvalue weighted by Gasteiger charge is 2.49. The van der Waals surface area contributed by atoms with Gasteiger partial charge < -0.3 is 20.1 Å². The van der Waals surface area contributed by atoms with E-state index in [1.54, 1.807) is 20.8 Å². The maximum absolute atomic E-state index is 12.4. The number of ether oxygens (including phenoxy) is 1. The average molecular weight is 328 g/mol. The summed E-state index contributed by atoms with van der Waals surface area (Å²) in [5.74, 6) is -1.97. The summed E-state index contributed by atoms with van der Waals surface area (Å²) in [5, 5.41) is 31.5. The van der Waals surface area contributed by atoms with Gasteiger partial charge in [0.2, 0.25) is 11.6 Å². The Labute approximate surface area is 137 Å². The third kappa shape index (κ3) is 1.40. The first-order chi connectivity index (χ1) is 11.2. The maximum atomic E-state index is 12.4. The molecule has 2 aliphatic rings. The number of phenolic OH excluding ortho intramolecular Hbond substituents is 2. The van der Waals surface area contributed by atoms with Crippen LogP contribution in [-0.2, 0) is 5.41 Å². The minimum absolute atomic E-state index is 0.0949. The number of phenols is 2. The first kappa shape index (κ1) is 15.0. The number of aliphatic hydroxyl groups excluding tert-OH is 1. The molecule has 2 aromatic rings. The number of aromatic hydroxyl groups is 2. The molecule has 0 unspecified atom stereocenters. The molecule has 0 radical (unpaired) electrons. The lowest BCUT2D eigenvalue weighted by Crippen LogP contribution is -2.36. The number of rotatable bonds is 1. The van der Waals surface area contributed by atoms with E-state index in [4.69, 9.17) is 4.74 Å². The Kier molecular flexibility index (Phi) is 2.66. The van der Waals surface area contributed by atoms with Gasteiger partial charge in [-0.25, -0.2) is 0 Å². The molecule has 6 nitrogen and oxygen atoms in total. The van der Waals surface area contributed by atoms with Crippen LogP contribution in [0.5, 0.6) is 17.2 Å². The summed E-state index contributed by atoms with van der Waals surface area (Å²) in [7, 11) is 0. The summed E-state index contributed by atoms with van der Waals surface area (Å²) in [5.41, 5.74) is -0.147. The zero-order valence-corrected chi connectivity index (χ0v) is 13.4. The molecule has 0 saturated heterocycles. The van der Waals surface area contributed by atoms with Crippen molar-refractivity contribution in [1.29, 1.82) is 0 Å². The van der Waals surface area contributed by atoms with Gasteiger partial charge in [0.25, 0.3) is 0 Å². The number of carbonyl (C=O) groups excluding carboxylic acids is 2. The Morgan fingerprint density at radius 2 is 1.79 bits per heavy atom. The topological polar surface area (TPSA) is 104 Å². The van der Waals surface area contributed by atoms with Gasteiger partial charge in [0.15, 0.2) is 0 Å². The summed E-state index contributed by atoms with van der Waals surface area (Å²) in [6.07, 6.45) is -0.427. The van der Waals surface area contributed by atoms with Gasteiger partial charge in [0.1, 0.15) is 23.4 Å². The lowest BCUT2D eigenvalue weighted by atomic mass is 9.78. The molecule has 1 aliphatic carbocycles. The lowest BCUT2D eigenvalue weighted by molar-refractivity contribution is 0.0821. The first-order valence-corrected chi connectivity index (χ1v) is 7.66. The number of aliphatic hydroxyl groups is 1. The average Bonchev–Trinajstić information content (AvgIpc) is 2.93. The SMILES string of the molecule is Cc1cc(O)c2c3c(c(O)c4c(c13)O[C@@H](C)[C@@]4(C)CO)C(=O)C2=O. The number of benzene rings is 2. The molecule has 0 bridgehead atoms. The van der Waals surface area contributed by atoms with Crippen LogP contribution in [0.2, 0.25) is 0 Å². The Hall–Kier alpha value is -2.60. The molecule has 0 aromatic heterocycles. The van der Waals surface area contributed by atoms with Crippen LogP contribution in [0.4, 0.5) is 0 Å². The van der Waals surface area contributed by atoms with Gasteiger partial charge in [-0.15, -0.1) is 0 Å². The Balaban J connectivity index is 2.29. The molecule has 0 amide bonds. The zero-order chi connectivity index (χ0) is 17.5. The van der Waals surface area contributed by atoms with Crippen molar-refractivity contribution in [1.82, 2.24) is 0 Å². The predicted octanol–water partition coefficient (Wildman–Crippen LogP) is 1.97. The molecule has 4 rings (SSSR count). The molecule has 0 spiro atoms. The van der Waals surface area contributed by atoms with E-state index >= 15 is 0 Å². The van der Waals surface area contributed by atoms with Gasteiger partial charge in [0, 0.05) is 16.3 Å². The molecule has 1 aliphatic heterocycles. The standard InChI is InChI=1S/C18H16O6/c1-6-4-8(20)10-11-9(6)17-13(18(3,5-19)7(2)24-17)14(21)12(11)16(23)15(10)22/h4,7,19-21H,5H2,1-3H3/t7-,18+/m0/s1. The Morgan fingerprint density at radius 3 is 2.42 bits per heavy atom. The van der Waals surface area contributed by atoms with E-state index in [2.05, 4.69) is 0 Å². The van der Waals surface area contributed by atoms with E-state index in [1.807, 2.05) is 0 Å². The van der Waals surface area contributed by atoms with E-state index in [1.165, 1.54) is 6.07 Å². The fourth-order valence-electron chi connectivity index (χ4n) is 3.86. The van der Waals surface area contributed by atoms with E-state index in [0.29, 0.717) is 22.3 Å². The summed E-state index contributed by atoms with van der Waals surface area (Å²) in [6.45, 7) is 4.96. The smallest absolute Gasteiger partial charge is 0.238 e. The molecular weight excluding hydrogens is 312 g/mol. The van der Waals surface area contributed by atoms with Crippen molar-refractivity contribution in [2.75, 3.05) is 6.61 Å². The van der Waals surface area contributed by atoms with Crippen molar-refractivity contribution in [3.8, 4) is 17.2 Å². The van der Waals surface area contributed by atoms with Crippen molar-refractivity contribution in [3.63, 3.8) is 0 Å². The Bertz CT molecular complexity index is 974. The highest BCUT2D eigenvalue weighted by molar-refractivity contribution is 6.58. The van der Waals surface area contributed by atoms with Crippen LogP contribution >= 0.6 is 0 Å². The van der Waals surface area contributed by atoms with Crippen molar-refractivity contribution in [2.24, 2.45) is 0 Å². The van der Waals surface area contributed by atoms with Crippen molar-refractivity contribution in [3.05, 3.63) is 28.3 Å². The van der Waals surface area contributed by atoms with Gasteiger partial charge >= 0.3 is 0 Å². The van der Waals surface area contributed by atoms with Gasteiger partial charge in [-0.05, 0) is 32.4 Å². The molecule has 0 saturated carbocycles. The van der Waals surface area contributed by atoms with Crippen molar-refractivity contribution < 1.29 is 29.6 Å². The molecular formula is C18H16O6. The summed E-state index contributed by atoms with van der Waals surface area (Å²) >= 11 is 0. The van der Waals surface area contributed by atoms with Gasteiger partial charge in [-0.2, -0.15) is 0 Å². The fraction of sp³-hybridized carbons (Fsp3) is 0.333. The van der Waals surface area contributed by atoms with E-state index in [0.717, 1.165) is 0 Å². The van der Waals surface area contributed by atoms with Crippen LogP contribution in [0.15, 0.2) is 6.07 Å². The van der Waals surface area contributed by atoms with Crippen LogP contribution < -0.4 is 4.74 Å². The predicted molar refractivity (Wildman–Crippen MR) is 85.2 cm³/mol. The molecule has 124 valence electrons. The van der Waals surface area contributed by atoms with Crippen LogP contribution in [0.25, 0.3) is 10.8 Å². The molecule has 2 atom stereocenters. The van der Waals surface area contributed by atoms with E-state index in [-0.39, 0.29) is 34.6 Å². The number of Topliss-reactive ketones (excluding diaryl/α,β-unsaturated/α-hetero) is 2. The minimum Gasteiger partial charge on any atom is -0.507 e. The second-order valence-electron chi connectivity index (χ2n) is 6.76.